The Kier molecular flexibility index (Phi) is 7.62. The van der Waals surface area contributed by atoms with E-state index in [4.69, 9.17) is 4.74 Å². The number of hydrogen-bond donors (Lipinski definition) is 1. The second-order valence-electron chi connectivity index (χ2n) is 5.58. The van der Waals surface area contributed by atoms with Crippen LogP contribution < -0.4 is 10.1 Å². The zero-order chi connectivity index (χ0) is 15.0. The third kappa shape index (κ3) is 5.51. The van der Waals surface area contributed by atoms with Crippen LogP contribution in [-0.2, 0) is 13.0 Å². The predicted molar refractivity (Wildman–Crippen MR) is 83.4 cm³/mol. The van der Waals surface area contributed by atoms with E-state index in [0.717, 1.165) is 38.2 Å². The van der Waals surface area contributed by atoms with E-state index in [1.54, 1.807) is 7.11 Å². The highest BCUT2D eigenvalue weighted by molar-refractivity contribution is 5.25. The van der Waals surface area contributed by atoms with Crippen molar-refractivity contribution in [2.24, 2.45) is 0 Å². The molecule has 0 aliphatic heterocycles. The van der Waals surface area contributed by atoms with E-state index in [-0.39, 0.29) is 0 Å². The predicted octanol–water partition coefficient (Wildman–Crippen LogP) is 1.77. The van der Waals surface area contributed by atoms with Crippen molar-refractivity contribution >= 4 is 0 Å². The van der Waals surface area contributed by atoms with Gasteiger partial charge in [0.05, 0.1) is 25.5 Å². The molecule has 0 saturated heterocycles. The van der Waals surface area contributed by atoms with Crippen LogP contribution in [0.4, 0.5) is 0 Å². The first-order chi connectivity index (χ1) is 9.58. The molecule has 1 aromatic rings. The van der Waals surface area contributed by atoms with Gasteiger partial charge in [-0.3, -0.25) is 4.68 Å². The first kappa shape index (κ1) is 17.0. The van der Waals surface area contributed by atoms with Gasteiger partial charge in [-0.25, -0.2) is 0 Å². The van der Waals surface area contributed by atoms with Crippen LogP contribution in [0.5, 0.6) is 5.75 Å². The lowest BCUT2D eigenvalue weighted by atomic mass is 10.1. The Morgan fingerprint density at radius 2 is 2.20 bits per heavy atom. The number of hydrogen-bond acceptors (Lipinski definition) is 4. The summed E-state index contributed by atoms with van der Waals surface area (Å²) in [6.07, 6.45) is 5.10. The van der Waals surface area contributed by atoms with Crippen molar-refractivity contribution in [3.63, 3.8) is 0 Å². The normalized spacial score (nSPS) is 12.9. The molecule has 0 radical (unpaired) electrons. The number of nitrogens with one attached hydrogen (secondary N) is 1. The summed E-state index contributed by atoms with van der Waals surface area (Å²) in [6.45, 7) is 7.41. The summed E-state index contributed by atoms with van der Waals surface area (Å²) in [7, 11) is 5.88. The van der Waals surface area contributed by atoms with Crippen LogP contribution in [0, 0.1) is 0 Å². The van der Waals surface area contributed by atoms with Crippen molar-refractivity contribution in [2.75, 3.05) is 34.3 Å². The molecule has 0 fully saturated rings. The minimum atomic E-state index is 0.525. The SMILES string of the molecule is CCCNC(C)CCc1c(OC)cnn1CCN(C)C. The molecule has 0 saturated carbocycles. The lowest BCUT2D eigenvalue weighted by Crippen LogP contribution is -2.27. The second-order valence-corrected chi connectivity index (χ2v) is 5.58. The third-order valence-corrected chi connectivity index (χ3v) is 3.45. The molecule has 0 aromatic carbocycles. The Bertz CT molecular complexity index is 376. The van der Waals surface area contributed by atoms with E-state index in [1.165, 1.54) is 12.1 Å². The highest BCUT2D eigenvalue weighted by Crippen LogP contribution is 2.19. The summed E-state index contributed by atoms with van der Waals surface area (Å²) in [4.78, 5) is 2.17. The molecule has 1 N–H and O–H groups in total. The van der Waals surface area contributed by atoms with Crippen LogP contribution in [0.3, 0.4) is 0 Å². The van der Waals surface area contributed by atoms with E-state index in [9.17, 15) is 0 Å². The van der Waals surface area contributed by atoms with Gasteiger partial charge in [0, 0.05) is 12.6 Å². The van der Waals surface area contributed by atoms with E-state index < -0.39 is 0 Å². The van der Waals surface area contributed by atoms with Gasteiger partial charge in [0.1, 0.15) is 0 Å². The zero-order valence-corrected chi connectivity index (χ0v) is 13.6. The van der Waals surface area contributed by atoms with Crippen LogP contribution in [0.15, 0.2) is 6.20 Å². The van der Waals surface area contributed by atoms with Crippen LogP contribution in [-0.4, -0.2) is 55.0 Å². The minimum absolute atomic E-state index is 0.525. The largest absolute Gasteiger partial charge is 0.493 e. The van der Waals surface area contributed by atoms with E-state index in [2.05, 4.69) is 47.9 Å². The highest BCUT2D eigenvalue weighted by atomic mass is 16.5. The van der Waals surface area contributed by atoms with Crippen molar-refractivity contribution in [2.45, 2.75) is 45.7 Å². The summed E-state index contributed by atoms with van der Waals surface area (Å²) in [6, 6.07) is 0.525. The van der Waals surface area contributed by atoms with Crippen LogP contribution in [0.2, 0.25) is 0 Å². The number of aromatic nitrogens is 2. The summed E-state index contributed by atoms with van der Waals surface area (Å²) < 4.78 is 7.50. The lowest BCUT2D eigenvalue weighted by Gasteiger charge is -2.15. The standard InChI is InChI=1S/C15H30N4O/c1-6-9-16-13(2)7-8-14-15(20-5)12-17-19(14)11-10-18(3)4/h12-13,16H,6-11H2,1-5H3. The minimum Gasteiger partial charge on any atom is -0.493 e. The van der Waals surface area contributed by atoms with Gasteiger partial charge in [-0.15, -0.1) is 0 Å². The number of rotatable bonds is 10. The molecule has 0 amide bonds. The Morgan fingerprint density at radius 3 is 2.80 bits per heavy atom. The van der Waals surface area contributed by atoms with Gasteiger partial charge in [-0.05, 0) is 46.8 Å². The molecule has 5 heteroatoms. The van der Waals surface area contributed by atoms with Gasteiger partial charge in [-0.1, -0.05) is 6.92 Å². The molecule has 5 nitrogen and oxygen atoms in total. The van der Waals surface area contributed by atoms with Gasteiger partial charge >= 0.3 is 0 Å². The van der Waals surface area contributed by atoms with Crippen LogP contribution >= 0.6 is 0 Å². The molecule has 0 spiro atoms. The first-order valence-electron chi connectivity index (χ1n) is 7.55. The monoisotopic (exact) mass is 282 g/mol. The average Bonchev–Trinajstić information content (AvgIpc) is 2.82. The van der Waals surface area contributed by atoms with Crippen LogP contribution in [0.1, 0.15) is 32.4 Å². The molecule has 0 bridgehead atoms. The lowest BCUT2D eigenvalue weighted by molar-refractivity contribution is 0.363. The molecule has 1 aromatic heterocycles. The maximum Gasteiger partial charge on any atom is 0.159 e. The third-order valence-electron chi connectivity index (χ3n) is 3.45. The number of methoxy groups -OCH3 is 1. The summed E-state index contributed by atoms with van der Waals surface area (Å²) >= 11 is 0. The molecule has 1 unspecified atom stereocenters. The zero-order valence-electron chi connectivity index (χ0n) is 13.6. The van der Waals surface area contributed by atoms with Gasteiger partial charge in [0.15, 0.2) is 5.75 Å². The van der Waals surface area contributed by atoms with Crippen molar-refractivity contribution in [3.8, 4) is 5.75 Å². The average molecular weight is 282 g/mol. The number of likely N-dealkylation sites (N-methyl/N-ethyl adjacent to an activating group) is 1. The number of ether oxygens (including phenoxy) is 1. The molecular weight excluding hydrogens is 252 g/mol. The van der Waals surface area contributed by atoms with Gasteiger partial charge in [-0.2, -0.15) is 5.10 Å². The second kappa shape index (κ2) is 8.97. The summed E-state index contributed by atoms with van der Waals surface area (Å²) in [5.74, 6) is 0.909. The maximum atomic E-state index is 5.43. The highest BCUT2D eigenvalue weighted by Gasteiger charge is 2.13. The van der Waals surface area contributed by atoms with Crippen LogP contribution in [0.25, 0.3) is 0 Å². The van der Waals surface area contributed by atoms with Gasteiger partial charge in [0.25, 0.3) is 0 Å². The van der Waals surface area contributed by atoms with E-state index in [0.29, 0.717) is 6.04 Å². The fourth-order valence-corrected chi connectivity index (χ4v) is 2.15. The van der Waals surface area contributed by atoms with Crippen molar-refractivity contribution < 1.29 is 4.74 Å². The topological polar surface area (TPSA) is 42.3 Å². The summed E-state index contributed by atoms with van der Waals surface area (Å²) in [5, 5.41) is 7.97. The molecule has 20 heavy (non-hydrogen) atoms. The van der Waals surface area contributed by atoms with Gasteiger partial charge < -0.3 is 15.0 Å². The summed E-state index contributed by atoms with van der Waals surface area (Å²) in [5.41, 5.74) is 1.21. The van der Waals surface area contributed by atoms with E-state index in [1.807, 2.05) is 6.20 Å². The molecule has 1 rings (SSSR count). The quantitative estimate of drug-likeness (QED) is 0.710. The molecule has 1 atom stereocenters. The van der Waals surface area contributed by atoms with E-state index >= 15 is 0 Å². The molecular formula is C15H30N4O. The van der Waals surface area contributed by atoms with Crippen molar-refractivity contribution in [1.82, 2.24) is 20.0 Å². The Morgan fingerprint density at radius 1 is 1.45 bits per heavy atom. The maximum absolute atomic E-state index is 5.43. The smallest absolute Gasteiger partial charge is 0.159 e. The number of nitrogens with zero attached hydrogens (tertiary/aromatic N) is 3. The fraction of sp³-hybridized carbons (Fsp3) is 0.800. The Hall–Kier alpha value is -1.07. The van der Waals surface area contributed by atoms with Crippen molar-refractivity contribution in [1.29, 1.82) is 0 Å². The van der Waals surface area contributed by atoms with Gasteiger partial charge in [0.2, 0.25) is 0 Å². The Labute approximate surface area is 123 Å². The molecule has 0 aliphatic carbocycles. The first-order valence-corrected chi connectivity index (χ1v) is 7.55. The molecule has 1 heterocycles. The molecule has 0 aliphatic rings. The van der Waals surface area contributed by atoms with Crippen molar-refractivity contribution in [3.05, 3.63) is 11.9 Å². The fourth-order valence-electron chi connectivity index (χ4n) is 2.15. The Balaban J connectivity index is 2.59. The molecule has 116 valence electrons.